The van der Waals surface area contributed by atoms with Crippen molar-refractivity contribution in [2.45, 2.75) is 22.9 Å². The first-order chi connectivity index (χ1) is 12.6. The highest BCUT2D eigenvalue weighted by atomic mass is 35.5. The van der Waals surface area contributed by atoms with Gasteiger partial charge in [0.15, 0.2) is 0 Å². The van der Waals surface area contributed by atoms with Crippen molar-refractivity contribution in [3.05, 3.63) is 67.3 Å². The average molecular weight is 443 g/mol. The topological polar surface area (TPSA) is 42.0 Å². The molecule has 1 amide bonds. The Bertz CT molecular complexity index is 865. The zero-order chi connectivity index (χ0) is 18.4. The molecular weight excluding hydrogens is 427 g/mol. The van der Waals surface area contributed by atoms with E-state index in [1.165, 1.54) is 4.88 Å². The van der Waals surface area contributed by atoms with Crippen LogP contribution in [0, 0.1) is 0 Å². The van der Waals surface area contributed by atoms with E-state index in [1.807, 2.05) is 29.0 Å². The molecule has 8 heteroatoms. The SMILES string of the molecule is O=C(Cc1csc(SCc2ccc(Cl)cc2Cl)n1)NCCc1cccs1. The smallest absolute Gasteiger partial charge is 0.226 e. The van der Waals surface area contributed by atoms with Gasteiger partial charge in [-0.25, -0.2) is 4.98 Å². The van der Waals surface area contributed by atoms with Gasteiger partial charge in [-0.2, -0.15) is 0 Å². The number of hydrogen-bond acceptors (Lipinski definition) is 5. The lowest BCUT2D eigenvalue weighted by Gasteiger charge is -2.03. The Labute approximate surface area is 174 Å². The van der Waals surface area contributed by atoms with E-state index >= 15 is 0 Å². The Morgan fingerprint density at radius 3 is 2.88 bits per heavy atom. The lowest BCUT2D eigenvalue weighted by atomic mass is 10.2. The summed E-state index contributed by atoms with van der Waals surface area (Å²) in [5.74, 6) is 0.722. The molecule has 0 fully saturated rings. The third-order valence-electron chi connectivity index (χ3n) is 3.51. The number of amides is 1. The number of aromatic nitrogens is 1. The van der Waals surface area contributed by atoms with Crippen LogP contribution >= 0.6 is 57.6 Å². The zero-order valence-electron chi connectivity index (χ0n) is 13.7. The number of carbonyl (C=O) groups excluding carboxylic acids is 1. The second-order valence-electron chi connectivity index (χ2n) is 5.49. The molecule has 0 aliphatic heterocycles. The van der Waals surface area contributed by atoms with Gasteiger partial charge >= 0.3 is 0 Å². The lowest BCUT2D eigenvalue weighted by Crippen LogP contribution is -2.27. The Morgan fingerprint density at radius 1 is 1.23 bits per heavy atom. The first-order valence-electron chi connectivity index (χ1n) is 7.90. The molecule has 1 aromatic carbocycles. The molecule has 0 saturated heterocycles. The first-order valence-corrected chi connectivity index (χ1v) is 11.4. The largest absolute Gasteiger partial charge is 0.355 e. The van der Waals surface area contributed by atoms with Crippen LogP contribution in [0.1, 0.15) is 16.1 Å². The fraction of sp³-hybridized carbons (Fsp3) is 0.222. The van der Waals surface area contributed by atoms with Gasteiger partial charge in [-0.15, -0.1) is 22.7 Å². The number of rotatable bonds is 8. The van der Waals surface area contributed by atoms with Gasteiger partial charge in [0.25, 0.3) is 0 Å². The quantitative estimate of drug-likeness (QED) is 0.454. The second kappa shape index (κ2) is 9.76. The van der Waals surface area contributed by atoms with Crippen molar-refractivity contribution < 1.29 is 4.79 Å². The van der Waals surface area contributed by atoms with E-state index in [0.717, 1.165) is 27.8 Å². The van der Waals surface area contributed by atoms with Crippen LogP contribution in [0.25, 0.3) is 0 Å². The van der Waals surface area contributed by atoms with Gasteiger partial charge in [0.1, 0.15) is 4.34 Å². The van der Waals surface area contributed by atoms with Gasteiger partial charge in [-0.1, -0.05) is 47.1 Å². The number of benzene rings is 1. The van der Waals surface area contributed by atoms with Crippen LogP contribution in [0.15, 0.2) is 45.4 Å². The summed E-state index contributed by atoms with van der Waals surface area (Å²) in [6.07, 6.45) is 1.17. The Morgan fingerprint density at radius 2 is 2.12 bits per heavy atom. The fourth-order valence-electron chi connectivity index (χ4n) is 2.22. The maximum absolute atomic E-state index is 12.0. The predicted octanol–water partition coefficient (Wildman–Crippen LogP) is 5.71. The van der Waals surface area contributed by atoms with Crippen molar-refractivity contribution in [1.29, 1.82) is 0 Å². The number of carbonyl (C=O) groups is 1. The second-order valence-corrected chi connectivity index (χ2v) is 9.44. The number of hydrogen-bond donors (Lipinski definition) is 1. The Balaban J connectivity index is 1.44. The highest BCUT2D eigenvalue weighted by Gasteiger charge is 2.09. The summed E-state index contributed by atoms with van der Waals surface area (Å²) in [5.41, 5.74) is 1.82. The molecule has 0 aliphatic carbocycles. The number of thioether (sulfide) groups is 1. The molecule has 0 bridgehead atoms. The predicted molar refractivity (Wildman–Crippen MR) is 113 cm³/mol. The highest BCUT2D eigenvalue weighted by molar-refractivity contribution is 8.00. The van der Waals surface area contributed by atoms with Gasteiger partial charge in [-0.3, -0.25) is 4.79 Å². The van der Waals surface area contributed by atoms with Gasteiger partial charge in [0.05, 0.1) is 12.1 Å². The molecule has 26 heavy (non-hydrogen) atoms. The van der Waals surface area contributed by atoms with E-state index in [1.54, 1.807) is 40.5 Å². The van der Waals surface area contributed by atoms with Crippen LogP contribution in [0.2, 0.25) is 10.0 Å². The van der Waals surface area contributed by atoms with Crippen molar-refractivity contribution in [2.75, 3.05) is 6.54 Å². The van der Waals surface area contributed by atoms with Crippen LogP contribution in [-0.4, -0.2) is 17.4 Å². The van der Waals surface area contributed by atoms with Crippen molar-refractivity contribution in [3.8, 4) is 0 Å². The molecule has 3 nitrogen and oxygen atoms in total. The van der Waals surface area contributed by atoms with Crippen LogP contribution < -0.4 is 5.32 Å². The van der Waals surface area contributed by atoms with E-state index in [4.69, 9.17) is 23.2 Å². The molecule has 2 heterocycles. The molecule has 0 radical (unpaired) electrons. The highest BCUT2D eigenvalue weighted by Crippen LogP contribution is 2.30. The van der Waals surface area contributed by atoms with Crippen molar-refractivity contribution in [2.24, 2.45) is 0 Å². The van der Waals surface area contributed by atoms with Gasteiger partial charge in [0.2, 0.25) is 5.91 Å². The van der Waals surface area contributed by atoms with E-state index in [-0.39, 0.29) is 5.91 Å². The molecule has 3 rings (SSSR count). The van der Waals surface area contributed by atoms with Gasteiger partial charge in [-0.05, 0) is 35.6 Å². The van der Waals surface area contributed by atoms with Gasteiger partial charge in [0, 0.05) is 32.6 Å². The lowest BCUT2D eigenvalue weighted by molar-refractivity contribution is -0.120. The summed E-state index contributed by atoms with van der Waals surface area (Å²) in [4.78, 5) is 17.8. The molecule has 136 valence electrons. The third kappa shape index (κ3) is 5.99. The molecule has 0 aliphatic rings. The standard InChI is InChI=1S/C18H16Cl2N2OS3/c19-13-4-3-12(16(20)8-13)10-25-18-22-14(11-26-18)9-17(23)21-6-5-15-2-1-7-24-15/h1-4,7-8,11H,5-6,9-10H2,(H,21,23). The molecule has 2 aromatic heterocycles. The van der Waals surface area contributed by atoms with Crippen molar-refractivity contribution in [1.82, 2.24) is 10.3 Å². The molecule has 0 atom stereocenters. The van der Waals surface area contributed by atoms with Crippen LogP contribution in [0.5, 0.6) is 0 Å². The van der Waals surface area contributed by atoms with Crippen LogP contribution in [0.3, 0.4) is 0 Å². The average Bonchev–Trinajstić information content (AvgIpc) is 3.26. The summed E-state index contributed by atoms with van der Waals surface area (Å²) >= 11 is 17.0. The Kier molecular flexibility index (Phi) is 7.40. The minimum absolute atomic E-state index is 0.00384. The summed E-state index contributed by atoms with van der Waals surface area (Å²) in [7, 11) is 0. The zero-order valence-corrected chi connectivity index (χ0v) is 17.7. The van der Waals surface area contributed by atoms with E-state index < -0.39 is 0 Å². The summed E-state index contributed by atoms with van der Waals surface area (Å²) in [6.45, 7) is 0.653. The van der Waals surface area contributed by atoms with Crippen molar-refractivity contribution >= 4 is 63.5 Å². The summed E-state index contributed by atoms with van der Waals surface area (Å²) in [6, 6.07) is 9.60. The third-order valence-corrected chi connectivity index (χ3v) is 7.15. The maximum atomic E-state index is 12.0. The summed E-state index contributed by atoms with van der Waals surface area (Å²) < 4.78 is 0.928. The molecule has 1 N–H and O–H groups in total. The normalized spacial score (nSPS) is 10.8. The number of halogens is 2. The van der Waals surface area contributed by atoms with Crippen molar-refractivity contribution in [3.63, 3.8) is 0 Å². The molecule has 0 spiro atoms. The molecule has 3 aromatic rings. The minimum atomic E-state index is 0.00384. The number of thiazole rings is 1. The number of nitrogens with zero attached hydrogens (tertiary/aromatic N) is 1. The van der Waals surface area contributed by atoms with Crippen LogP contribution in [0.4, 0.5) is 0 Å². The fourth-order valence-corrected chi connectivity index (χ4v) is 5.33. The Hall–Kier alpha value is -1.05. The molecule has 0 saturated carbocycles. The number of nitrogens with one attached hydrogen (secondary N) is 1. The maximum Gasteiger partial charge on any atom is 0.226 e. The van der Waals surface area contributed by atoms with E-state index in [0.29, 0.717) is 23.0 Å². The molecule has 0 unspecified atom stereocenters. The van der Waals surface area contributed by atoms with Gasteiger partial charge < -0.3 is 5.32 Å². The van der Waals surface area contributed by atoms with E-state index in [9.17, 15) is 4.79 Å². The molecular formula is C18H16Cl2N2OS3. The first kappa shape index (κ1) is 19.7. The van der Waals surface area contributed by atoms with Crippen LogP contribution in [-0.2, 0) is 23.4 Å². The van der Waals surface area contributed by atoms with E-state index in [2.05, 4.69) is 16.4 Å². The monoisotopic (exact) mass is 442 g/mol. The number of thiophene rings is 1. The minimum Gasteiger partial charge on any atom is -0.355 e. The summed E-state index contributed by atoms with van der Waals surface area (Å²) in [5, 5.41) is 8.21.